The lowest BCUT2D eigenvalue weighted by Gasteiger charge is -2.18. The fourth-order valence-electron chi connectivity index (χ4n) is 3.57. The highest BCUT2D eigenvalue weighted by atomic mass is 16.6. The van der Waals surface area contributed by atoms with E-state index in [-0.39, 0.29) is 19.1 Å². The van der Waals surface area contributed by atoms with Crippen LogP contribution in [-0.4, -0.2) is 35.2 Å². The van der Waals surface area contributed by atoms with Crippen LogP contribution < -0.4 is 0 Å². The zero-order valence-electron chi connectivity index (χ0n) is 15.0. The summed E-state index contributed by atoms with van der Waals surface area (Å²) in [6.45, 7) is 4.70. The van der Waals surface area contributed by atoms with Crippen LogP contribution in [0.4, 0.5) is 4.79 Å². The Morgan fingerprint density at radius 3 is 2.50 bits per heavy atom. The van der Waals surface area contributed by atoms with Crippen LogP contribution in [0.15, 0.2) is 48.5 Å². The smallest absolute Gasteiger partial charge is 0.410 e. The van der Waals surface area contributed by atoms with Gasteiger partial charge in [-0.15, -0.1) is 0 Å². The van der Waals surface area contributed by atoms with E-state index >= 15 is 0 Å². The molecular weight excluding hydrogens is 330 g/mol. The van der Waals surface area contributed by atoms with Gasteiger partial charge in [-0.2, -0.15) is 0 Å². The van der Waals surface area contributed by atoms with Gasteiger partial charge in [-0.05, 0) is 30.5 Å². The third-order valence-corrected chi connectivity index (χ3v) is 4.93. The first-order chi connectivity index (χ1) is 12.5. The molecule has 0 unspecified atom stereocenters. The molecule has 26 heavy (non-hydrogen) atoms. The molecule has 1 aliphatic heterocycles. The molecule has 0 spiro atoms. The molecule has 5 heteroatoms. The van der Waals surface area contributed by atoms with Gasteiger partial charge in [0.1, 0.15) is 6.61 Å². The summed E-state index contributed by atoms with van der Waals surface area (Å²) in [5, 5.41) is 9.62. The molecule has 1 N–H and O–H groups in total. The van der Waals surface area contributed by atoms with Gasteiger partial charge in [0.2, 0.25) is 0 Å². The molecular formula is C21H23NO4. The van der Waals surface area contributed by atoms with E-state index in [0.717, 1.165) is 22.3 Å². The van der Waals surface area contributed by atoms with Gasteiger partial charge in [-0.25, -0.2) is 4.79 Å². The summed E-state index contributed by atoms with van der Waals surface area (Å²) in [6, 6.07) is 15.4. The number of hydrogen-bond acceptors (Lipinski definition) is 3. The number of aliphatic carboxylic acids is 1. The first kappa shape index (κ1) is 18.0. The zero-order chi connectivity index (χ0) is 18.7. The molecule has 136 valence electrons. The van der Waals surface area contributed by atoms with Gasteiger partial charge in [0.05, 0.1) is 5.92 Å². The average molecular weight is 353 g/mol. The number of carboxylic acid groups (broad SMARTS) is 1. The lowest BCUT2D eigenvalue weighted by atomic mass is 9.86. The van der Waals surface area contributed by atoms with E-state index in [1.165, 1.54) is 4.90 Å². The minimum Gasteiger partial charge on any atom is -0.481 e. The number of benzene rings is 2. The molecule has 1 aliphatic rings. The van der Waals surface area contributed by atoms with Gasteiger partial charge in [-0.3, -0.25) is 4.79 Å². The highest BCUT2D eigenvalue weighted by molar-refractivity contribution is 5.76. The second kappa shape index (κ2) is 7.60. The molecule has 0 aliphatic carbocycles. The molecule has 2 atom stereocenters. The molecule has 1 heterocycles. The summed E-state index contributed by atoms with van der Waals surface area (Å²) in [6.07, 6.45) is -0.465. The Hall–Kier alpha value is -2.82. The van der Waals surface area contributed by atoms with Crippen LogP contribution in [0.1, 0.15) is 28.2 Å². The molecule has 5 nitrogen and oxygen atoms in total. The van der Waals surface area contributed by atoms with Gasteiger partial charge in [0.25, 0.3) is 0 Å². The van der Waals surface area contributed by atoms with E-state index in [1.54, 1.807) is 0 Å². The Morgan fingerprint density at radius 1 is 1.12 bits per heavy atom. The van der Waals surface area contributed by atoms with E-state index in [2.05, 4.69) is 0 Å². The van der Waals surface area contributed by atoms with Crippen molar-refractivity contribution in [2.45, 2.75) is 26.4 Å². The van der Waals surface area contributed by atoms with Crippen LogP contribution in [0.5, 0.6) is 0 Å². The summed E-state index contributed by atoms with van der Waals surface area (Å²) in [5.74, 6) is -1.73. The third kappa shape index (κ3) is 3.87. The predicted molar refractivity (Wildman–Crippen MR) is 98.0 cm³/mol. The van der Waals surface area contributed by atoms with E-state index in [9.17, 15) is 14.7 Å². The van der Waals surface area contributed by atoms with Crippen molar-refractivity contribution in [1.29, 1.82) is 0 Å². The molecule has 1 amide bonds. The van der Waals surface area contributed by atoms with Crippen LogP contribution in [0.25, 0.3) is 0 Å². The number of likely N-dealkylation sites (tertiary alicyclic amines) is 1. The first-order valence-electron chi connectivity index (χ1n) is 8.71. The molecule has 0 radical (unpaired) electrons. The summed E-state index contributed by atoms with van der Waals surface area (Å²) in [7, 11) is 0. The van der Waals surface area contributed by atoms with Crippen molar-refractivity contribution < 1.29 is 19.4 Å². The Kier molecular flexibility index (Phi) is 5.26. The maximum Gasteiger partial charge on any atom is 0.410 e. The molecule has 1 fully saturated rings. The lowest BCUT2D eigenvalue weighted by Crippen LogP contribution is -2.30. The normalized spacial score (nSPS) is 19.4. The zero-order valence-corrected chi connectivity index (χ0v) is 15.0. The maximum atomic E-state index is 12.4. The SMILES string of the molecule is Cc1ccc([C@@H]2CN(C(=O)OCc3ccccc3)C[C@H]2C(=O)O)c(C)c1. The highest BCUT2D eigenvalue weighted by Gasteiger charge is 2.41. The van der Waals surface area contributed by atoms with Crippen molar-refractivity contribution in [3.63, 3.8) is 0 Å². The van der Waals surface area contributed by atoms with Crippen molar-refractivity contribution in [2.75, 3.05) is 13.1 Å². The van der Waals surface area contributed by atoms with Crippen LogP contribution in [-0.2, 0) is 16.1 Å². The number of aryl methyl sites for hydroxylation is 2. The number of nitrogens with zero attached hydrogens (tertiary/aromatic N) is 1. The summed E-state index contributed by atoms with van der Waals surface area (Å²) in [5.41, 5.74) is 4.08. The fourth-order valence-corrected chi connectivity index (χ4v) is 3.57. The van der Waals surface area contributed by atoms with E-state index < -0.39 is 18.0 Å². The Morgan fingerprint density at radius 2 is 1.85 bits per heavy atom. The molecule has 1 saturated heterocycles. The average Bonchev–Trinajstić information content (AvgIpc) is 3.06. The number of amides is 1. The van der Waals surface area contributed by atoms with Gasteiger partial charge < -0.3 is 14.7 Å². The van der Waals surface area contributed by atoms with Crippen molar-refractivity contribution in [3.05, 3.63) is 70.8 Å². The van der Waals surface area contributed by atoms with Gasteiger partial charge in [0, 0.05) is 19.0 Å². The summed E-state index contributed by atoms with van der Waals surface area (Å²) in [4.78, 5) is 25.7. The standard InChI is InChI=1S/C21H23NO4/c1-14-8-9-17(15(2)10-14)18-11-22(12-19(18)20(23)24)21(25)26-13-16-6-4-3-5-7-16/h3-10,18-19H,11-13H2,1-2H3,(H,23,24)/t18-,19+/m0/s1. The van der Waals surface area contributed by atoms with Gasteiger partial charge in [0.15, 0.2) is 0 Å². The van der Waals surface area contributed by atoms with Crippen molar-refractivity contribution in [3.8, 4) is 0 Å². The number of rotatable bonds is 4. The second-order valence-corrected chi connectivity index (χ2v) is 6.86. The van der Waals surface area contributed by atoms with Crippen LogP contribution >= 0.6 is 0 Å². The van der Waals surface area contributed by atoms with Gasteiger partial charge in [-0.1, -0.05) is 54.1 Å². The lowest BCUT2D eigenvalue weighted by molar-refractivity contribution is -0.141. The largest absolute Gasteiger partial charge is 0.481 e. The molecule has 2 aromatic rings. The Bertz CT molecular complexity index is 803. The van der Waals surface area contributed by atoms with Crippen molar-refractivity contribution in [1.82, 2.24) is 4.90 Å². The van der Waals surface area contributed by atoms with Crippen LogP contribution in [0, 0.1) is 19.8 Å². The number of hydrogen-bond donors (Lipinski definition) is 1. The monoisotopic (exact) mass is 353 g/mol. The topological polar surface area (TPSA) is 66.8 Å². The first-order valence-corrected chi connectivity index (χ1v) is 8.71. The van der Waals surface area contributed by atoms with Gasteiger partial charge >= 0.3 is 12.1 Å². The molecule has 0 aromatic heterocycles. The minimum atomic E-state index is -0.881. The number of carboxylic acids is 1. The van der Waals surface area contributed by atoms with E-state index in [0.29, 0.717) is 6.54 Å². The van der Waals surface area contributed by atoms with Crippen molar-refractivity contribution >= 4 is 12.1 Å². The van der Waals surface area contributed by atoms with Crippen molar-refractivity contribution in [2.24, 2.45) is 5.92 Å². The number of carbonyl (C=O) groups excluding carboxylic acids is 1. The molecule has 3 rings (SSSR count). The van der Waals surface area contributed by atoms with Crippen LogP contribution in [0.3, 0.4) is 0 Å². The third-order valence-electron chi connectivity index (χ3n) is 4.93. The molecule has 0 saturated carbocycles. The van der Waals surface area contributed by atoms with Crippen LogP contribution in [0.2, 0.25) is 0 Å². The predicted octanol–water partition coefficient (Wildman–Crippen LogP) is 3.74. The Balaban J connectivity index is 1.72. The number of ether oxygens (including phenoxy) is 1. The highest BCUT2D eigenvalue weighted by Crippen LogP contribution is 2.35. The number of carbonyl (C=O) groups is 2. The second-order valence-electron chi connectivity index (χ2n) is 6.86. The molecule has 2 aromatic carbocycles. The Labute approximate surface area is 153 Å². The quantitative estimate of drug-likeness (QED) is 0.909. The van der Waals surface area contributed by atoms with E-state index in [1.807, 2.05) is 62.4 Å². The van der Waals surface area contributed by atoms with E-state index in [4.69, 9.17) is 4.74 Å². The maximum absolute atomic E-state index is 12.4. The minimum absolute atomic E-state index is 0.168. The fraction of sp³-hybridized carbons (Fsp3) is 0.333. The summed E-state index contributed by atoms with van der Waals surface area (Å²) >= 11 is 0. The molecule has 0 bridgehead atoms. The summed E-state index contributed by atoms with van der Waals surface area (Å²) < 4.78 is 5.37.